The molecule has 2 rings (SSSR count). The van der Waals surface area contributed by atoms with E-state index in [2.05, 4.69) is 5.32 Å². The topological polar surface area (TPSA) is 75.6 Å². The van der Waals surface area contributed by atoms with Gasteiger partial charge in [-0.15, -0.1) is 0 Å². The summed E-state index contributed by atoms with van der Waals surface area (Å²) in [7, 11) is 0. The van der Waals surface area contributed by atoms with Crippen molar-refractivity contribution >= 4 is 29.2 Å². The summed E-state index contributed by atoms with van der Waals surface area (Å²) in [6.45, 7) is 1.50. The molecule has 0 saturated carbocycles. The Balaban J connectivity index is 1.86. The molecule has 23 heavy (non-hydrogen) atoms. The van der Waals surface area contributed by atoms with Gasteiger partial charge in [0.05, 0.1) is 6.42 Å². The number of halogens is 1. The first-order valence-corrected chi connectivity index (χ1v) is 7.35. The summed E-state index contributed by atoms with van der Waals surface area (Å²) in [4.78, 5) is 23.8. The highest BCUT2D eigenvalue weighted by molar-refractivity contribution is 6.30. The molecule has 0 aromatic heterocycles. The molecule has 0 unspecified atom stereocenters. The number of benzene rings is 2. The molecule has 1 amide bonds. The number of carbonyl (C=O) groups is 2. The third kappa shape index (κ3) is 5.30. The maximum Gasteiger partial charge on any atom is 0.311 e. The second-order valence-electron chi connectivity index (χ2n) is 4.97. The van der Waals surface area contributed by atoms with Crippen molar-refractivity contribution in [2.24, 2.45) is 0 Å². The average Bonchev–Trinajstić information content (AvgIpc) is 2.51. The standard InChI is InChI=1S/C17H16ClNO4/c1-11(17(22)19-14-6-4-13(18)5-7-14)23-16(21)10-12-2-8-15(20)9-3-12/h2-9,11,20H,10H2,1H3,(H,19,22)/t11-/m1/s1. The molecule has 2 aromatic carbocycles. The largest absolute Gasteiger partial charge is 0.508 e. The Bertz CT molecular complexity index is 683. The molecule has 2 aromatic rings. The lowest BCUT2D eigenvalue weighted by atomic mass is 10.1. The minimum atomic E-state index is -0.921. The predicted octanol–water partition coefficient (Wildman–Crippen LogP) is 3.16. The highest BCUT2D eigenvalue weighted by Crippen LogP contribution is 2.14. The van der Waals surface area contributed by atoms with E-state index >= 15 is 0 Å². The molecule has 0 spiro atoms. The first-order valence-electron chi connectivity index (χ1n) is 6.98. The summed E-state index contributed by atoms with van der Waals surface area (Å²) in [6, 6.07) is 12.8. The number of aromatic hydroxyl groups is 1. The molecule has 0 aliphatic carbocycles. The van der Waals surface area contributed by atoms with Crippen LogP contribution in [-0.4, -0.2) is 23.1 Å². The maximum atomic E-state index is 12.0. The molecule has 120 valence electrons. The van der Waals surface area contributed by atoms with Crippen molar-refractivity contribution in [3.63, 3.8) is 0 Å². The second kappa shape index (κ2) is 7.65. The lowest BCUT2D eigenvalue weighted by molar-refractivity contribution is -0.152. The summed E-state index contributed by atoms with van der Waals surface area (Å²) < 4.78 is 5.10. The van der Waals surface area contributed by atoms with Crippen LogP contribution < -0.4 is 5.32 Å². The van der Waals surface area contributed by atoms with E-state index in [0.717, 1.165) is 0 Å². The first-order chi connectivity index (χ1) is 10.9. The van der Waals surface area contributed by atoms with Gasteiger partial charge >= 0.3 is 5.97 Å². The summed E-state index contributed by atoms with van der Waals surface area (Å²) in [5, 5.41) is 12.4. The second-order valence-corrected chi connectivity index (χ2v) is 5.41. The lowest BCUT2D eigenvalue weighted by Gasteiger charge is -2.13. The molecule has 0 radical (unpaired) electrons. The van der Waals surface area contributed by atoms with Crippen LogP contribution >= 0.6 is 11.6 Å². The van der Waals surface area contributed by atoms with Gasteiger partial charge in [-0.25, -0.2) is 0 Å². The highest BCUT2D eigenvalue weighted by Gasteiger charge is 2.18. The zero-order valence-corrected chi connectivity index (χ0v) is 13.2. The van der Waals surface area contributed by atoms with E-state index in [-0.39, 0.29) is 12.2 Å². The number of hydrogen-bond donors (Lipinski definition) is 2. The summed E-state index contributed by atoms with van der Waals surface area (Å²) in [5.74, 6) is -0.821. The van der Waals surface area contributed by atoms with Crippen LogP contribution in [0.5, 0.6) is 5.75 Å². The summed E-state index contributed by atoms with van der Waals surface area (Å²) in [6.07, 6.45) is -0.894. The number of phenolic OH excluding ortho intramolecular Hbond substituents is 1. The monoisotopic (exact) mass is 333 g/mol. The Hall–Kier alpha value is -2.53. The Kier molecular flexibility index (Phi) is 5.60. The number of ether oxygens (including phenoxy) is 1. The first kappa shape index (κ1) is 16.8. The Morgan fingerprint density at radius 2 is 1.74 bits per heavy atom. The number of carbonyl (C=O) groups excluding carboxylic acids is 2. The van der Waals surface area contributed by atoms with E-state index in [1.165, 1.54) is 19.1 Å². The van der Waals surface area contributed by atoms with Crippen molar-refractivity contribution in [2.45, 2.75) is 19.4 Å². The number of hydrogen-bond acceptors (Lipinski definition) is 4. The number of amides is 1. The number of anilines is 1. The van der Waals surface area contributed by atoms with Crippen molar-refractivity contribution in [3.05, 3.63) is 59.1 Å². The van der Waals surface area contributed by atoms with Crippen molar-refractivity contribution in [1.82, 2.24) is 0 Å². The highest BCUT2D eigenvalue weighted by atomic mass is 35.5. The van der Waals surface area contributed by atoms with Gasteiger partial charge in [0, 0.05) is 10.7 Å². The predicted molar refractivity (Wildman–Crippen MR) is 87.4 cm³/mol. The van der Waals surface area contributed by atoms with Gasteiger partial charge in [-0.2, -0.15) is 0 Å². The van der Waals surface area contributed by atoms with Crippen LogP contribution in [0.2, 0.25) is 5.02 Å². The van der Waals surface area contributed by atoms with Crippen LogP contribution in [0, 0.1) is 0 Å². The van der Waals surface area contributed by atoms with Gasteiger partial charge in [-0.3, -0.25) is 9.59 Å². The third-order valence-corrected chi connectivity index (χ3v) is 3.33. The molecule has 2 N–H and O–H groups in total. The van der Waals surface area contributed by atoms with Gasteiger partial charge < -0.3 is 15.2 Å². The van der Waals surface area contributed by atoms with Gasteiger partial charge in [0.15, 0.2) is 6.10 Å². The van der Waals surface area contributed by atoms with Gasteiger partial charge in [-0.1, -0.05) is 23.7 Å². The van der Waals surface area contributed by atoms with Gasteiger partial charge in [-0.05, 0) is 48.9 Å². The quantitative estimate of drug-likeness (QED) is 0.824. The van der Waals surface area contributed by atoms with Gasteiger partial charge in [0.2, 0.25) is 0 Å². The molecule has 0 fully saturated rings. The molecule has 0 aliphatic rings. The van der Waals surface area contributed by atoms with E-state index < -0.39 is 18.0 Å². The maximum absolute atomic E-state index is 12.0. The fourth-order valence-corrected chi connectivity index (χ4v) is 1.98. The molecular formula is C17H16ClNO4. The van der Waals surface area contributed by atoms with Crippen LogP contribution in [0.3, 0.4) is 0 Å². The third-order valence-electron chi connectivity index (χ3n) is 3.07. The van der Waals surface area contributed by atoms with E-state index in [0.29, 0.717) is 16.3 Å². The van der Waals surface area contributed by atoms with Crippen LogP contribution in [0.1, 0.15) is 12.5 Å². The number of esters is 1. The Morgan fingerprint density at radius 3 is 2.35 bits per heavy atom. The number of nitrogens with one attached hydrogen (secondary N) is 1. The lowest BCUT2D eigenvalue weighted by Crippen LogP contribution is -2.30. The van der Waals surface area contributed by atoms with Crippen LogP contribution in [-0.2, 0) is 20.7 Å². The van der Waals surface area contributed by atoms with Crippen molar-refractivity contribution < 1.29 is 19.4 Å². The summed E-state index contributed by atoms with van der Waals surface area (Å²) >= 11 is 5.77. The van der Waals surface area contributed by atoms with Crippen LogP contribution in [0.25, 0.3) is 0 Å². The number of rotatable bonds is 5. The minimum Gasteiger partial charge on any atom is -0.508 e. The van der Waals surface area contributed by atoms with Gasteiger partial charge in [0.25, 0.3) is 5.91 Å². The van der Waals surface area contributed by atoms with Gasteiger partial charge in [0.1, 0.15) is 5.75 Å². The SMILES string of the molecule is C[C@@H](OC(=O)Cc1ccc(O)cc1)C(=O)Nc1ccc(Cl)cc1. The van der Waals surface area contributed by atoms with Crippen molar-refractivity contribution in [3.8, 4) is 5.75 Å². The molecule has 1 atom stereocenters. The average molecular weight is 334 g/mol. The molecule has 6 heteroatoms. The van der Waals surface area contributed by atoms with Crippen LogP contribution in [0.15, 0.2) is 48.5 Å². The van der Waals surface area contributed by atoms with Crippen molar-refractivity contribution in [2.75, 3.05) is 5.32 Å². The normalized spacial score (nSPS) is 11.6. The van der Waals surface area contributed by atoms with Crippen molar-refractivity contribution in [1.29, 1.82) is 0 Å². The van der Waals surface area contributed by atoms with E-state index in [1.54, 1.807) is 36.4 Å². The van der Waals surface area contributed by atoms with Crippen LogP contribution in [0.4, 0.5) is 5.69 Å². The smallest absolute Gasteiger partial charge is 0.311 e. The fraction of sp³-hybridized carbons (Fsp3) is 0.176. The Morgan fingerprint density at radius 1 is 1.13 bits per heavy atom. The fourth-order valence-electron chi connectivity index (χ4n) is 1.85. The van der Waals surface area contributed by atoms with E-state index in [4.69, 9.17) is 16.3 Å². The number of phenols is 1. The molecule has 0 aliphatic heterocycles. The zero-order valence-electron chi connectivity index (χ0n) is 12.5. The van der Waals surface area contributed by atoms with E-state index in [1.807, 2.05) is 0 Å². The van der Waals surface area contributed by atoms with E-state index in [9.17, 15) is 14.7 Å². The molecule has 0 bridgehead atoms. The Labute approximate surface area is 138 Å². The molecule has 0 saturated heterocycles. The molecule has 5 nitrogen and oxygen atoms in total. The molecule has 0 heterocycles. The zero-order chi connectivity index (χ0) is 16.8. The molecular weight excluding hydrogens is 318 g/mol. The summed E-state index contributed by atoms with van der Waals surface area (Å²) in [5.41, 5.74) is 1.26. The minimum absolute atomic E-state index is 0.0266.